The number of nitrogens with zero attached hydrogens (tertiary/aromatic N) is 2. The molecule has 45 heavy (non-hydrogen) atoms. The van der Waals surface area contributed by atoms with E-state index in [9.17, 15) is 34.2 Å². The molecule has 0 radical (unpaired) electrons. The third-order valence-electron chi connectivity index (χ3n) is 10.4. The van der Waals surface area contributed by atoms with Gasteiger partial charge in [0.2, 0.25) is 5.91 Å². The molecule has 4 aliphatic rings. The van der Waals surface area contributed by atoms with Gasteiger partial charge in [0.05, 0.1) is 24.6 Å². The molecule has 1 heterocycles. The highest BCUT2D eigenvalue weighted by atomic mass is 16.5. The number of ketones is 4. The summed E-state index contributed by atoms with van der Waals surface area (Å²) in [7, 11) is 4.69. The van der Waals surface area contributed by atoms with Crippen LogP contribution in [0.5, 0.6) is 11.5 Å². The van der Waals surface area contributed by atoms with Crippen LogP contribution in [0.15, 0.2) is 30.3 Å². The molecule has 11 nitrogen and oxygen atoms in total. The van der Waals surface area contributed by atoms with Crippen molar-refractivity contribution >= 4 is 29.0 Å². The molecule has 6 rings (SSSR count). The van der Waals surface area contributed by atoms with E-state index in [1.165, 1.54) is 17.4 Å². The molecule has 0 aromatic heterocycles. The van der Waals surface area contributed by atoms with E-state index >= 15 is 0 Å². The number of nitrogens with two attached hydrogens (primary N) is 1. The minimum absolute atomic E-state index is 0.00880. The van der Waals surface area contributed by atoms with Gasteiger partial charge in [-0.3, -0.25) is 33.8 Å². The van der Waals surface area contributed by atoms with Crippen molar-refractivity contribution in [3.05, 3.63) is 47.0 Å². The molecule has 0 bridgehead atoms. The molecule has 2 aromatic rings. The van der Waals surface area contributed by atoms with Gasteiger partial charge in [0.25, 0.3) is 0 Å². The maximum atomic E-state index is 14.2. The van der Waals surface area contributed by atoms with Crippen LogP contribution in [0.25, 0.3) is 11.1 Å². The lowest BCUT2D eigenvalue weighted by Gasteiger charge is -2.52. The molecular weight excluding hydrogens is 578 g/mol. The van der Waals surface area contributed by atoms with Crippen LogP contribution in [0.4, 0.5) is 0 Å². The number of hydrogen-bond acceptors (Lipinski definition) is 10. The van der Waals surface area contributed by atoms with E-state index < -0.39 is 64.4 Å². The first-order valence-corrected chi connectivity index (χ1v) is 15.5. The maximum absolute atomic E-state index is 14.2. The number of carbonyl (C=O) groups is 5. The normalized spacial score (nSPS) is 30.1. The van der Waals surface area contributed by atoms with Crippen LogP contribution in [0.2, 0.25) is 0 Å². The van der Waals surface area contributed by atoms with Gasteiger partial charge in [-0.15, -0.1) is 0 Å². The Bertz CT molecular complexity index is 1610. The van der Waals surface area contributed by atoms with Crippen LogP contribution in [-0.2, 0) is 32.1 Å². The van der Waals surface area contributed by atoms with Crippen molar-refractivity contribution in [3.8, 4) is 22.6 Å². The molecule has 1 amide bonds. The number of benzene rings is 2. The first kappa shape index (κ1) is 31.1. The average Bonchev–Trinajstić information content (AvgIpc) is 2.99. The number of phenolic OH excluding ortho intramolecular Hbond substituents is 1. The van der Waals surface area contributed by atoms with Gasteiger partial charge in [0.1, 0.15) is 11.5 Å². The van der Waals surface area contributed by atoms with Crippen LogP contribution >= 0.6 is 0 Å². The number of likely N-dealkylation sites (N-methyl/N-ethyl adjacent to an activating group) is 1. The molecule has 1 saturated heterocycles. The van der Waals surface area contributed by atoms with E-state index in [0.29, 0.717) is 16.9 Å². The number of ether oxygens (including phenoxy) is 1. The lowest BCUT2D eigenvalue weighted by atomic mass is 9.52. The van der Waals surface area contributed by atoms with Crippen molar-refractivity contribution in [2.75, 3.05) is 34.3 Å². The highest BCUT2D eigenvalue weighted by molar-refractivity contribution is 6.32. The summed E-state index contributed by atoms with van der Waals surface area (Å²) < 4.78 is 5.73. The first-order chi connectivity index (χ1) is 21.4. The summed E-state index contributed by atoms with van der Waals surface area (Å²) in [6.45, 7) is 2.80. The van der Waals surface area contributed by atoms with E-state index in [2.05, 4.69) is 4.90 Å². The van der Waals surface area contributed by atoms with E-state index in [4.69, 9.17) is 10.5 Å². The maximum Gasteiger partial charge on any atom is 0.235 e. The number of piperidine rings is 1. The molecule has 3 unspecified atom stereocenters. The number of likely N-dealkylation sites (tertiary alicyclic amines) is 1. The zero-order valence-electron chi connectivity index (χ0n) is 25.7. The Morgan fingerprint density at radius 3 is 2.40 bits per heavy atom. The molecular formula is C34H39N3O8. The number of hydrogen-bond donors (Lipinski definition) is 3. The Morgan fingerprint density at radius 2 is 1.76 bits per heavy atom. The Hall–Kier alpha value is -3.93. The van der Waals surface area contributed by atoms with Gasteiger partial charge >= 0.3 is 0 Å². The van der Waals surface area contributed by atoms with Gasteiger partial charge in [-0.25, -0.2) is 0 Å². The standard InChI is InChI=1S/C34H39N3O8/c1-36(2)28-22-15-18-14-21-19(20-13-17(7-10-24(20)45-3)16-37-11-5-4-6-12-37)8-9-23(38)26(21)29(39)25(18)31(41)34(22,44)32(42)27(30(28)40)33(35)43/h7-10,13,18,22,25,27-28,38,44H,4-6,11-12,14-16H2,1-3H3,(H2,35,43)/t18-,22-,25?,27?,28?,34-/m1/s1. The minimum Gasteiger partial charge on any atom is -0.507 e. The van der Waals surface area contributed by atoms with Crippen molar-refractivity contribution in [1.29, 1.82) is 0 Å². The van der Waals surface area contributed by atoms with E-state index in [0.717, 1.165) is 43.6 Å². The molecule has 3 aliphatic carbocycles. The lowest BCUT2D eigenvalue weighted by Crippen LogP contribution is -2.74. The third kappa shape index (κ3) is 4.79. The highest BCUT2D eigenvalue weighted by Crippen LogP contribution is 2.52. The third-order valence-corrected chi connectivity index (χ3v) is 10.4. The second-order valence-electron chi connectivity index (χ2n) is 13.1. The Balaban J connectivity index is 1.44. The van der Waals surface area contributed by atoms with Crippen molar-refractivity contribution < 1.29 is 38.9 Å². The predicted molar refractivity (Wildman–Crippen MR) is 162 cm³/mol. The second kappa shape index (κ2) is 11.5. The quantitative estimate of drug-likeness (QED) is 0.405. The first-order valence-electron chi connectivity index (χ1n) is 15.5. The second-order valence-corrected chi connectivity index (χ2v) is 13.1. The molecule has 11 heteroatoms. The molecule has 0 spiro atoms. The largest absolute Gasteiger partial charge is 0.507 e. The molecule has 2 aromatic carbocycles. The zero-order valence-corrected chi connectivity index (χ0v) is 25.7. The fourth-order valence-electron chi connectivity index (χ4n) is 8.30. The lowest BCUT2D eigenvalue weighted by molar-refractivity contribution is -0.181. The zero-order chi connectivity index (χ0) is 32.4. The SMILES string of the molecule is COc1ccc(CN2CCCCC2)cc1-c1ccc(O)c2c1C[C@@H]1C[C@@H]3C(N(C)C)C(=O)C(C(N)=O)C(=O)[C@]3(O)C(=O)C1C2=O. The summed E-state index contributed by atoms with van der Waals surface area (Å²) in [5.41, 5.74) is 5.64. The highest BCUT2D eigenvalue weighted by Gasteiger charge is 2.69. The van der Waals surface area contributed by atoms with Gasteiger partial charge in [0.15, 0.2) is 34.7 Å². The Labute approximate surface area is 261 Å². The van der Waals surface area contributed by atoms with Crippen molar-refractivity contribution in [2.45, 2.75) is 50.3 Å². The van der Waals surface area contributed by atoms with Gasteiger partial charge in [-0.1, -0.05) is 18.6 Å². The molecule has 6 atom stereocenters. The summed E-state index contributed by atoms with van der Waals surface area (Å²) >= 11 is 0. The van der Waals surface area contributed by atoms with Gasteiger partial charge in [-0.05, 0) is 93.7 Å². The Kier molecular flexibility index (Phi) is 7.91. The van der Waals surface area contributed by atoms with Gasteiger partial charge in [-0.2, -0.15) is 0 Å². The molecule has 238 valence electrons. The predicted octanol–water partition coefficient (Wildman–Crippen LogP) is 1.53. The number of aliphatic hydroxyl groups is 1. The van der Waals surface area contributed by atoms with Crippen LogP contribution in [0, 0.1) is 23.7 Å². The molecule has 1 aliphatic heterocycles. The minimum atomic E-state index is -2.75. The fourth-order valence-corrected chi connectivity index (χ4v) is 8.30. The van der Waals surface area contributed by atoms with E-state index in [1.54, 1.807) is 27.3 Å². The number of phenols is 1. The smallest absolute Gasteiger partial charge is 0.235 e. The number of carbonyl (C=O) groups excluding carboxylic acids is 5. The van der Waals surface area contributed by atoms with Crippen molar-refractivity contribution in [3.63, 3.8) is 0 Å². The van der Waals surface area contributed by atoms with Gasteiger partial charge < -0.3 is 20.7 Å². The number of primary amides is 1. The van der Waals surface area contributed by atoms with Crippen LogP contribution in [0.1, 0.15) is 47.2 Å². The molecule has 3 fully saturated rings. The molecule has 2 saturated carbocycles. The number of methoxy groups -OCH3 is 1. The summed E-state index contributed by atoms with van der Waals surface area (Å²) in [6.07, 6.45) is 3.70. The monoisotopic (exact) mass is 617 g/mol. The summed E-state index contributed by atoms with van der Waals surface area (Å²) in [5.74, 6) is -10.1. The Morgan fingerprint density at radius 1 is 1.04 bits per heavy atom. The topological polar surface area (TPSA) is 168 Å². The summed E-state index contributed by atoms with van der Waals surface area (Å²) in [6, 6.07) is 7.93. The number of aromatic hydroxyl groups is 1. The number of amides is 1. The van der Waals surface area contributed by atoms with Crippen molar-refractivity contribution in [1.82, 2.24) is 9.80 Å². The summed E-state index contributed by atoms with van der Waals surface area (Å²) in [4.78, 5) is 71.2. The van der Waals surface area contributed by atoms with Crippen molar-refractivity contribution in [2.24, 2.45) is 29.4 Å². The van der Waals surface area contributed by atoms with E-state index in [-0.39, 0.29) is 24.2 Å². The van der Waals surface area contributed by atoms with Crippen LogP contribution < -0.4 is 10.5 Å². The van der Waals surface area contributed by atoms with Crippen LogP contribution in [-0.4, -0.2) is 95.0 Å². The van der Waals surface area contributed by atoms with Gasteiger partial charge in [0, 0.05) is 18.0 Å². The average molecular weight is 618 g/mol. The van der Waals surface area contributed by atoms with Crippen LogP contribution in [0.3, 0.4) is 0 Å². The number of fused-ring (bicyclic) bond motifs is 3. The number of Topliss-reactive ketones (excluding diaryl/α,β-unsaturated/α-hetero) is 4. The van der Waals surface area contributed by atoms with E-state index in [1.807, 2.05) is 18.2 Å². The fraction of sp³-hybridized carbons (Fsp3) is 0.500. The number of rotatable bonds is 6. The molecule has 4 N–H and O–H groups in total. The summed E-state index contributed by atoms with van der Waals surface area (Å²) in [5, 5.41) is 22.8.